The van der Waals surface area contributed by atoms with Gasteiger partial charge in [-0.05, 0) is 42.6 Å². The standard InChI is InChI=1S/C14H14Cl2F3NO/c15-11-2-1-8(3-12(11)16)13(6-21-7-14(17,18)19)9-4-20-5-10(9)13/h1-3,9-10,20H,4-7H2/t9-,10+,13-. The summed E-state index contributed by atoms with van der Waals surface area (Å²) in [6, 6.07) is 5.27. The maximum Gasteiger partial charge on any atom is 0.411 e. The fraction of sp³-hybridized carbons (Fsp3) is 0.571. The predicted molar refractivity (Wildman–Crippen MR) is 74.9 cm³/mol. The number of nitrogens with one attached hydrogen (secondary N) is 1. The number of ether oxygens (including phenoxy) is 1. The lowest BCUT2D eigenvalue weighted by atomic mass is 9.91. The molecule has 0 bridgehead atoms. The molecule has 2 fully saturated rings. The first-order valence-corrected chi connectivity index (χ1v) is 7.41. The maximum absolute atomic E-state index is 12.3. The fourth-order valence-corrected chi connectivity index (χ4v) is 3.79. The molecule has 7 heteroatoms. The molecule has 3 atom stereocenters. The molecule has 0 aromatic heterocycles. The molecule has 2 nitrogen and oxygen atoms in total. The van der Waals surface area contributed by atoms with Crippen LogP contribution in [0.25, 0.3) is 0 Å². The molecule has 0 radical (unpaired) electrons. The van der Waals surface area contributed by atoms with E-state index in [0.29, 0.717) is 21.9 Å². The van der Waals surface area contributed by atoms with Gasteiger partial charge in [-0.2, -0.15) is 13.2 Å². The molecule has 0 amide bonds. The number of rotatable bonds is 4. The second-order valence-corrected chi connectivity index (χ2v) is 6.46. The van der Waals surface area contributed by atoms with E-state index in [9.17, 15) is 13.2 Å². The van der Waals surface area contributed by atoms with Gasteiger partial charge in [0.1, 0.15) is 6.61 Å². The Bertz CT molecular complexity index is 540. The third-order valence-corrected chi connectivity index (χ3v) is 5.23. The lowest BCUT2D eigenvalue weighted by Crippen LogP contribution is -2.31. The van der Waals surface area contributed by atoms with Crippen LogP contribution in [-0.4, -0.2) is 32.5 Å². The van der Waals surface area contributed by atoms with Gasteiger partial charge >= 0.3 is 6.18 Å². The second-order valence-electron chi connectivity index (χ2n) is 5.65. The van der Waals surface area contributed by atoms with Crippen molar-refractivity contribution in [3.05, 3.63) is 33.8 Å². The highest BCUT2D eigenvalue weighted by molar-refractivity contribution is 6.42. The SMILES string of the molecule is FC(F)(F)COC[C@@]1(c2ccc(Cl)c(Cl)c2)[C@@H]2CNC[C@@H]21. The summed E-state index contributed by atoms with van der Waals surface area (Å²) in [5.74, 6) is 0.589. The van der Waals surface area contributed by atoms with Gasteiger partial charge in [-0.15, -0.1) is 0 Å². The van der Waals surface area contributed by atoms with E-state index < -0.39 is 12.8 Å². The average molecular weight is 340 g/mol. The Morgan fingerprint density at radius 2 is 1.86 bits per heavy atom. The number of benzene rings is 1. The van der Waals surface area contributed by atoms with Gasteiger partial charge in [-0.1, -0.05) is 29.3 Å². The Hall–Kier alpha value is -0.490. The first-order chi connectivity index (χ1) is 9.84. The number of halogens is 5. The third kappa shape index (κ3) is 2.77. The first-order valence-electron chi connectivity index (χ1n) is 6.65. The lowest BCUT2D eigenvalue weighted by molar-refractivity contribution is -0.176. The van der Waals surface area contributed by atoms with Crippen LogP contribution in [0.1, 0.15) is 5.56 Å². The summed E-state index contributed by atoms with van der Waals surface area (Å²) in [5, 5.41) is 4.10. The molecule has 1 saturated carbocycles. The highest BCUT2D eigenvalue weighted by Gasteiger charge is 2.67. The van der Waals surface area contributed by atoms with E-state index in [4.69, 9.17) is 27.9 Å². The molecule has 2 aliphatic rings. The van der Waals surface area contributed by atoms with Gasteiger partial charge in [0, 0.05) is 5.41 Å². The van der Waals surface area contributed by atoms with E-state index in [1.807, 2.05) is 6.07 Å². The van der Waals surface area contributed by atoms with E-state index in [1.54, 1.807) is 12.1 Å². The van der Waals surface area contributed by atoms with Crippen molar-refractivity contribution in [3.8, 4) is 0 Å². The molecule has 1 aromatic rings. The van der Waals surface area contributed by atoms with E-state index >= 15 is 0 Å². The summed E-state index contributed by atoms with van der Waals surface area (Å²) < 4.78 is 41.8. The molecule has 21 heavy (non-hydrogen) atoms. The number of fused-ring (bicyclic) bond motifs is 1. The smallest absolute Gasteiger partial charge is 0.371 e. The molecule has 116 valence electrons. The van der Waals surface area contributed by atoms with Gasteiger partial charge in [0.15, 0.2) is 0 Å². The molecular weight excluding hydrogens is 326 g/mol. The quantitative estimate of drug-likeness (QED) is 0.903. The van der Waals surface area contributed by atoms with Crippen molar-refractivity contribution in [2.75, 3.05) is 26.3 Å². The van der Waals surface area contributed by atoms with Crippen LogP contribution in [0.15, 0.2) is 18.2 Å². The number of piperidine rings is 1. The summed E-state index contributed by atoms with van der Waals surface area (Å²) >= 11 is 12.0. The number of alkyl halides is 3. The highest BCUT2D eigenvalue weighted by Crippen LogP contribution is 2.62. The molecular formula is C14H14Cl2F3NO. The average Bonchev–Trinajstić information content (AvgIpc) is 2.79. The summed E-state index contributed by atoms with van der Waals surface area (Å²) in [4.78, 5) is 0. The summed E-state index contributed by atoms with van der Waals surface area (Å²) in [5.41, 5.74) is 0.542. The van der Waals surface area contributed by atoms with Gasteiger partial charge in [-0.25, -0.2) is 0 Å². The molecule has 1 saturated heterocycles. The summed E-state index contributed by atoms with van der Waals surface area (Å²) in [7, 11) is 0. The Morgan fingerprint density at radius 1 is 1.19 bits per heavy atom. The molecule has 1 N–H and O–H groups in total. The van der Waals surface area contributed by atoms with Crippen LogP contribution in [0.5, 0.6) is 0 Å². The van der Waals surface area contributed by atoms with Crippen molar-refractivity contribution in [3.63, 3.8) is 0 Å². The molecule has 0 unspecified atom stereocenters. The Kier molecular flexibility index (Phi) is 3.89. The minimum atomic E-state index is -4.30. The molecule has 1 heterocycles. The summed E-state index contributed by atoms with van der Waals surface area (Å²) in [6.07, 6.45) is -4.30. The van der Waals surface area contributed by atoms with Gasteiger partial charge in [-0.3, -0.25) is 0 Å². The molecule has 1 aliphatic heterocycles. The van der Waals surface area contributed by atoms with Gasteiger partial charge < -0.3 is 10.1 Å². The zero-order valence-electron chi connectivity index (χ0n) is 11.0. The predicted octanol–water partition coefficient (Wildman–Crippen LogP) is 3.66. The monoisotopic (exact) mass is 339 g/mol. The van der Waals surface area contributed by atoms with Gasteiger partial charge in [0.05, 0.1) is 16.7 Å². The lowest BCUT2D eigenvalue weighted by Gasteiger charge is -2.23. The van der Waals surface area contributed by atoms with Crippen molar-refractivity contribution in [1.82, 2.24) is 5.32 Å². The van der Waals surface area contributed by atoms with Crippen LogP contribution in [-0.2, 0) is 10.2 Å². The number of hydrogen-bond acceptors (Lipinski definition) is 2. The van der Waals surface area contributed by atoms with E-state index in [2.05, 4.69) is 5.32 Å². The van der Waals surface area contributed by atoms with Gasteiger partial charge in [0.2, 0.25) is 0 Å². The van der Waals surface area contributed by atoms with Gasteiger partial charge in [0.25, 0.3) is 0 Å². The Morgan fingerprint density at radius 3 is 2.43 bits per heavy atom. The highest BCUT2D eigenvalue weighted by atomic mass is 35.5. The minimum absolute atomic E-state index is 0.0570. The zero-order chi connectivity index (χ0) is 15.3. The van der Waals surface area contributed by atoms with Crippen LogP contribution in [0.2, 0.25) is 10.0 Å². The molecule has 0 spiro atoms. The van der Waals surface area contributed by atoms with Crippen molar-refractivity contribution in [1.29, 1.82) is 0 Å². The Balaban J connectivity index is 1.80. The van der Waals surface area contributed by atoms with Crippen molar-refractivity contribution in [2.24, 2.45) is 11.8 Å². The maximum atomic E-state index is 12.3. The van der Waals surface area contributed by atoms with Crippen molar-refractivity contribution in [2.45, 2.75) is 11.6 Å². The van der Waals surface area contributed by atoms with Crippen molar-refractivity contribution >= 4 is 23.2 Å². The second kappa shape index (κ2) is 5.30. The van der Waals surface area contributed by atoms with E-state index in [0.717, 1.165) is 18.7 Å². The largest absolute Gasteiger partial charge is 0.411 e. The van der Waals surface area contributed by atoms with Crippen LogP contribution in [0.4, 0.5) is 13.2 Å². The van der Waals surface area contributed by atoms with E-state index in [-0.39, 0.29) is 12.0 Å². The minimum Gasteiger partial charge on any atom is -0.371 e. The molecule has 1 aromatic carbocycles. The number of hydrogen-bond donors (Lipinski definition) is 1. The molecule has 3 rings (SSSR count). The topological polar surface area (TPSA) is 21.3 Å². The van der Waals surface area contributed by atoms with Crippen LogP contribution < -0.4 is 5.32 Å². The zero-order valence-corrected chi connectivity index (χ0v) is 12.5. The van der Waals surface area contributed by atoms with Crippen molar-refractivity contribution < 1.29 is 17.9 Å². The normalized spacial score (nSPS) is 31.3. The van der Waals surface area contributed by atoms with Crippen LogP contribution >= 0.6 is 23.2 Å². The molecule has 1 aliphatic carbocycles. The Labute approximate surface area is 130 Å². The van der Waals surface area contributed by atoms with E-state index in [1.165, 1.54) is 0 Å². The summed E-state index contributed by atoms with van der Waals surface area (Å²) in [6.45, 7) is 0.422. The fourth-order valence-electron chi connectivity index (χ4n) is 3.49. The van der Waals surface area contributed by atoms with Crippen LogP contribution in [0, 0.1) is 11.8 Å². The van der Waals surface area contributed by atoms with Crippen LogP contribution in [0.3, 0.4) is 0 Å². The first kappa shape index (κ1) is 15.4. The third-order valence-electron chi connectivity index (χ3n) is 4.49.